The van der Waals surface area contributed by atoms with E-state index in [4.69, 9.17) is 11.6 Å². The van der Waals surface area contributed by atoms with Gasteiger partial charge in [0, 0.05) is 35.9 Å². The Hall–Kier alpha value is -0.840. The van der Waals surface area contributed by atoms with Crippen molar-refractivity contribution < 1.29 is 0 Å². The van der Waals surface area contributed by atoms with Gasteiger partial charge in [0.15, 0.2) is 0 Å². The summed E-state index contributed by atoms with van der Waals surface area (Å²) >= 11 is 9.47. The first-order valence-corrected chi connectivity index (χ1v) is 7.30. The highest BCUT2D eigenvalue weighted by molar-refractivity contribution is 9.10. The molecule has 0 fully saturated rings. The van der Waals surface area contributed by atoms with Crippen LogP contribution in [-0.4, -0.2) is 9.78 Å². The molecule has 1 heterocycles. The molecule has 0 radical (unpaired) electrons. The number of nitrogens with one attached hydrogen (secondary N) is 1. The minimum absolute atomic E-state index is 0.744. The summed E-state index contributed by atoms with van der Waals surface area (Å²) in [6.45, 7) is 5.74. The standard InChI is InChI=1S/C14H17BrClN3/c1-9-12(10(2)19(3)18-9)8-17-7-11-4-5-13(15)14(16)6-11/h4-6,17H,7-8H2,1-3H3. The summed E-state index contributed by atoms with van der Waals surface area (Å²) in [6.07, 6.45) is 0. The Kier molecular flexibility index (Phi) is 4.66. The molecule has 0 saturated carbocycles. The Morgan fingerprint density at radius 1 is 1.32 bits per heavy atom. The fraction of sp³-hybridized carbons (Fsp3) is 0.357. The first-order valence-electron chi connectivity index (χ1n) is 6.12. The second-order valence-electron chi connectivity index (χ2n) is 4.62. The van der Waals surface area contributed by atoms with Crippen LogP contribution in [0.2, 0.25) is 5.02 Å². The summed E-state index contributed by atoms with van der Waals surface area (Å²) in [4.78, 5) is 0. The van der Waals surface area contributed by atoms with Gasteiger partial charge in [0.1, 0.15) is 0 Å². The lowest BCUT2D eigenvalue weighted by Crippen LogP contribution is -2.13. The van der Waals surface area contributed by atoms with Crippen LogP contribution in [-0.2, 0) is 20.1 Å². The average Bonchev–Trinajstić information content (AvgIpc) is 2.60. The molecule has 1 aromatic carbocycles. The minimum Gasteiger partial charge on any atom is -0.308 e. The van der Waals surface area contributed by atoms with Crippen molar-refractivity contribution in [1.29, 1.82) is 0 Å². The van der Waals surface area contributed by atoms with Crippen molar-refractivity contribution in [3.63, 3.8) is 0 Å². The van der Waals surface area contributed by atoms with Gasteiger partial charge in [-0.25, -0.2) is 0 Å². The van der Waals surface area contributed by atoms with Crippen molar-refractivity contribution in [2.45, 2.75) is 26.9 Å². The molecule has 102 valence electrons. The highest BCUT2D eigenvalue weighted by atomic mass is 79.9. The van der Waals surface area contributed by atoms with Gasteiger partial charge in [0.05, 0.1) is 10.7 Å². The quantitative estimate of drug-likeness (QED) is 0.917. The van der Waals surface area contributed by atoms with Gasteiger partial charge in [0.25, 0.3) is 0 Å². The Balaban J connectivity index is 1.98. The summed E-state index contributed by atoms with van der Waals surface area (Å²) in [6, 6.07) is 6.01. The molecule has 0 atom stereocenters. The van der Waals surface area contributed by atoms with Gasteiger partial charge >= 0.3 is 0 Å². The maximum atomic E-state index is 6.08. The molecule has 1 aromatic heterocycles. The van der Waals surface area contributed by atoms with E-state index in [0.29, 0.717) is 0 Å². The molecule has 1 N–H and O–H groups in total. The highest BCUT2D eigenvalue weighted by Crippen LogP contribution is 2.23. The van der Waals surface area contributed by atoms with Crippen molar-refractivity contribution in [3.05, 3.63) is 50.2 Å². The van der Waals surface area contributed by atoms with Crippen molar-refractivity contribution in [2.24, 2.45) is 7.05 Å². The molecular weight excluding hydrogens is 326 g/mol. The summed E-state index contributed by atoms with van der Waals surface area (Å²) in [5, 5.41) is 8.59. The lowest BCUT2D eigenvalue weighted by molar-refractivity contribution is 0.684. The number of aromatic nitrogens is 2. The Morgan fingerprint density at radius 2 is 2.05 bits per heavy atom. The number of rotatable bonds is 4. The SMILES string of the molecule is Cc1nn(C)c(C)c1CNCc1ccc(Br)c(Cl)c1. The zero-order chi connectivity index (χ0) is 14.0. The smallest absolute Gasteiger partial charge is 0.0641 e. The average molecular weight is 343 g/mol. The molecule has 0 saturated heterocycles. The Morgan fingerprint density at radius 3 is 2.63 bits per heavy atom. The normalized spacial score (nSPS) is 11.0. The molecule has 0 amide bonds. The molecule has 0 aliphatic rings. The van der Waals surface area contributed by atoms with E-state index in [1.54, 1.807) is 0 Å². The largest absolute Gasteiger partial charge is 0.308 e. The van der Waals surface area contributed by atoms with E-state index in [2.05, 4.69) is 39.3 Å². The van der Waals surface area contributed by atoms with Gasteiger partial charge in [-0.15, -0.1) is 0 Å². The van der Waals surface area contributed by atoms with Crippen molar-refractivity contribution in [3.8, 4) is 0 Å². The molecule has 0 unspecified atom stereocenters. The predicted octanol–water partition coefficient (Wildman–Crippen LogP) is 3.74. The number of benzene rings is 1. The van der Waals surface area contributed by atoms with E-state index < -0.39 is 0 Å². The molecule has 5 heteroatoms. The Bertz CT molecular complexity index is 593. The maximum Gasteiger partial charge on any atom is 0.0641 e. The fourth-order valence-electron chi connectivity index (χ4n) is 2.05. The molecule has 2 rings (SSSR count). The molecule has 0 aliphatic carbocycles. The lowest BCUT2D eigenvalue weighted by Gasteiger charge is -2.07. The van der Waals surface area contributed by atoms with Crippen LogP contribution in [0.25, 0.3) is 0 Å². The van der Waals surface area contributed by atoms with Crippen molar-refractivity contribution in [2.75, 3.05) is 0 Å². The fourth-order valence-corrected chi connectivity index (χ4v) is 2.50. The van der Waals surface area contributed by atoms with Gasteiger partial charge in [0.2, 0.25) is 0 Å². The third-order valence-electron chi connectivity index (χ3n) is 3.27. The molecule has 0 bridgehead atoms. The van der Waals surface area contributed by atoms with Gasteiger partial charge in [-0.3, -0.25) is 4.68 Å². The van der Waals surface area contributed by atoms with Gasteiger partial charge in [-0.1, -0.05) is 17.7 Å². The van der Waals surface area contributed by atoms with Gasteiger partial charge < -0.3 is 5.32 Å². The maximum absolute atomic E-state index is 6.08. The molecule has 0 aliphatic heterocycles. The molecule has 2 aromatic rings. The summed E-state index contributed by atoms with van der Waals surface area (Å²) < 4.78 is 2.85. The number of aryl methyl sites for hydroxylation is 2. The van der Waals surface area contributed by atoms with E-state index in [1.807, 2.05) is 30.8 Å². The van der Waals surface area contributed by atoms with Crippen LogP contribution in [0.3, 0.4) is 0 Å². The number of nitrogens with zero attached hydrogens (tertiary/aromatic N) is 2. The van der Waals surface area contributed by atoms with E-state index >= 15 is 0 Å². The van der Waals surface area contributed by atoms with Crippen LogP contribution in [0.1, 0.15) is 22.5 Å². The van der Waals surface area contributed by atoms with Crippen LogP contribution in [0.15, 0.2) is 22.7 Å². The topological polar surface area (TPSA) is 29.9 Å². The molecule has 19 heavy (non-hydrogen) atoms. The first kappa shape index (κ1) is 14.6. The summed E-state index contributed by atoms with van der Waals surface area (Å²) in [7, 11) is 1.97. The summed E-state index contributed by atoms with van der Waals surface area (Å²) in [5.74, 6) is 0. The van der Waals surface area contributed by atoms with Gasteiger partial charge in [-0.05, 0) is 47.5 Å². The molecular formula is C14H17BrClN3. The monoisotopic (exact) mass is 341 g/mol. The Labute approximate surface area is 127 Å². The second kappa shape index (κ2) is 6.07. The first-order chi connectivity index (χ1) is 8.99. The molecule has 0 spiro atoms. The number of hydrogen-bond donors (Lipinski definition) is 1. The van der Waals surface area contributed by atoms with E-state index in [0.717, 1.165) is 28.3 Å². The second-order valence-corrected chi connectivity index (χ2v) is 5.89. The van der Waals surface area contributed by atoms with E-state index in [-0.39, 0.29) is 0 Å². The van der Waals surface area contributed by atoms with Crippen LogP contribution >= 0.6 is 27.5 Å². The van der Waals surface area contributed by atoms with Crippen LogP contribution in [0.5, 0.6) is 0 Å². The van der Waals surface area contributed by atoms with Crippen molar-refractivity contribution >= 4 is 27.5 Å². The van der Waals surface area contributed by atoms with E-state index in [1.165, 1.54) is 16.8 Å². The van der Waals surface area contributed by atoms with Crippen LogP contribution in [0, 0.1) is 13.8 Å². The number of hydrogen-bond acceptors (Lipinski definition) is 2. The lowest BCUT2D eigenvalue weighted by atomic mass is 10.2. The zero-order valence-corrected chi connectivity index (χ0v) is 13.6. The summed E-state index contributed by atoms with van der Waals surface area (Å²) in [5.41, 5.74) is 4.73. The van der Waals surface area contributed by atoms with Gasteiger partial charge in [-0.2, -0.15) is 5.10 Å². The minimum atomic E-state index is 0.744. The van der Waals surface area contributed by atoms with E-state index in [9.17, 15) is 0 Å². The third-order valence-corrected chi connectivity index (χ3v) is 4.51. The predicted molar refractivity (Wildman–Crippen MR) is 82.4 cm³/mol. The number of halogens is 2. The van der Waals surface area contributed by atoms with Crippen molar-refractivity contribution in [1.82, 2.24) is 15.1 Å². The molecule has 3 nitrogen and oxygen atoms in total. The van der Waals surface area contributed by atoms with Crippen LogP contribution < -0.4 is 5.32 Å². The third kappa shape index (κ3) is 3.38. The highest BCUT2D eigenvalue weighted by Gasteiger charge is 2.08. The zero-order valence-electron chi connectivity index (χ0n) is 11.3. The van der Waals surface area contributed by atoms with Crippen LogP contribution in [0.4, 0.5) is 0 Å².